The largest absolute Gasteiger partial charge is 0.490 e. The highest BCUT2D eigenvalue weighted by Gasteiger charge is 2.16. The van der Waals surface area contributed by atoms with Crippen LogP contribution in [0.5, 0.6) is 11.5 Å². The summed E-state index contributed by atoms with van der Waals surface area (Å²) in [5.41, 5.74) is 1.46. The molecule has 0 aliphatic heterocycles. The van der Waals surface area contributed by atoms with Gasteiger partial charge < -0.3 is 25.2 Å². The number of rotatable bonds is 10. The number of hydrogen-bond donors (Lipinski definition) is 3. The fourth-order valence-corrected chi connectivity index (χ4v) is 3.16. The Labute approximate surface area is 203 Å². The number of ether oxygens (including phenoxy) is 2. The fraction of sp³-hybridized carbons (Fsp3) is 0.148. The molecule has 0 fully saturated rings. The van der Waals surface area contributed by atoms with Crippen molar-refractivity contribution in [3.05, 3.63) is 95.2 Å². The van der Waals surface area contributed by atoms with Crippen LogP contribution in [0.1, 0.15) is 40.1 Å². The van der Waals surface area contributed by atoms with Gasteiger partial charge in [-0.2, -0.15) is 0 Å². The predicted octanol–water partition coefficient (Wildman–Crippen LogP) is 4.59. The average Bonchev–Trinajstić information content (AvgIpc) is 2.86. The summed E-state index contributed by atoms with van der Waals surface area (Å²) in [5.74, 6) is -1.02. The van der Waals surface area contributed by atoms with E-state index in [0.29, 0.717) is 41.5 Å². The maximum atomic E-state index is 13.1. The molecule has 0 saturated heterocycles. The van der Waals surface area contributed by atoms with Gasteiger partial charge in [-0.3, -0.25) is 9.59 Å². The van der Waals surface area contributed by atoms with Gasteiger partial charge in [-0.15, -0.1) is 0 Å². The lowest BCUT2D eigenvalue weighted by atomic mass is 10.1. The second kappa shape index (κ2) is 12.0. The van der Waals surface area contributed by atoms with Crippen molar-refractivity contribution in [1.82, 2.24) is 5.32 Å². The van der Waals surface area contributed by atoms with Gasteiger partial charge in [0.15, 0.2) is 11.5 Å². The zero-order valence-corrected chi connectivity index (χ0v) is 19.4. The topological polar surface area (TPSA) is 114 Å². The smallest absolute Gasteiger partial charge is 0.335 e. The highest BCUT2D eigenvalue weighted by molar-refractivity contribution is 6.10. The van der Waals surface area contributed by atoms with E-state index in [-0.39, 0.29) is 11.3 Å². The Hall–Kier alpha value is -4.59. The molecule has 3 rings (SSSR count). The van der Waals surface area contributed by atoms with Crippen molar-refractivity contribution in [2.45, 2.75) is 13.8 Å². The van der Waals surface area contributed by atoms with Gasteiger partial charge >= 0.3 is 5.97 Å². The summed E-state index contributed by atoms with van der Waals surface area (Å²) >= 11 is 0. The molecule has 2 amide bonds. The molecule has 0 heterocycles. The van der Waals surface area contributed by atoms with Crippen molar-refractivity contribution in [2.24, 2.45) is 0 Å². The molecule has 35 heavy (non-hydrogen) atoms. The molecule has 0 unspecified atom stereocenters. The number of carboxylic acids is 1. The van der Waals surface area contributed by atoms with Crippen LogP contribution in [0.15, 0.2) is 78.5 Å². The van der Waals surface area contributed by atoms with E-state index in [1.165, 1.54) is 30.3 Å². The van der Waals surface area contributed by atoms with Gasteiger partial charge in [0.25, 0.3) is 11.8 Å². The number of carbonyl (C=O) groups is 3. The lowest BCUT2D eigenvalue weighted by Crippen LogP contribution is -2.30. The van der Waals surface area contributed by atoms with Gasteiger partial charge in [0.2, 0.25) is 0 Å². The molecule has 0 saturated carbocycles. The fourth-order valence-electron chi connectivity index (χ4n) is 3.16. The van der Waals surface area contributed by atoms with Gasteiger partial charge in [-0.1, -0.05) is 24.3 Å². The lowest BCUT2D eigenvalue weighted by Gasteiger charge is -2.13. The molecule has 0 aromatic heterocycles. The van der Waals surface area contributed by atoms with Crippen LogP contribution in [-0.4, -0.2) is 36.1 Å². The van der Waals surface area contributed by atoms with Crippen molar-refractivity contribution < 1.29 is 29.0 Å². The van der Waals surface area contributed by atoms with E-state index in [1.54, 1.807) is 48.5 Å². The van der Waals surface area contributed by atoms with Gasteiger partial charge in [-0.25, -0.2) is 4.79 Å². The van der Waals surface area contributed by atoms with Crippen LogP contribution in [0.3, 0.4) is 0 Å². The lowest BCUT2D eigenvalue weighted by molar-refractivity contribution is -0.113. The monoisotopic (exact) mass is 474 g/mol. The maximum absolute atomic E-state index is 13.1. The minimum atomic E-state index is -1.07. The number of aromatic carboxylic acids is 1. The van der Waals surface area contributed by atoms with E-state index in [4.69, 9.17) is 14.6 Å². The van der Waals surface area contributed by atoms with E-state index in [1.807, 2.05) is 13.8 Å². The molecule has 8 heteroatoms. The van der Waals surface area contributed by atoms with Crippen LogP contribution in [0.25, 0.3) is 6.08 Å². The van der Waals surface area contributed by atoms with Crippen LogP contribution in [0, 0.1) is 0 Å². The molecule has 8 nitrogen and oxygen atoms in total. The number of nitrogens with one attached hydrogen (secondary N) is 2. The summed E-state index contributed by atoms with van der Waals surface area (Å²) in [6.45, 7) is 4.62. The van der Waals surface area contributed by atoms with E-state index >= 15 is 0 Å². The Morgan fingerprint density at radius 3 is 2.11 bits per heavy atom. The molecule has 0 aliphatic rings. The van der Waals surface area contributed by atoms with Crippen molar-refractivity contribution in [3.8, 4) is 11.5 Å². The Bertz CT molecular complexity index is 1220. The van der Waals surface area contributed by atoms with Crippen molar-refractivity contribution in [1.29, 1.82) is 0 Å². The second-order valence-electron chi connectivity index (χ2n) is 7.29. The van der Waals surface area contributed by atoms with E-state index in [0.717, 1.165) is 0 Å². The van der Waals surface area contributed by atoms with Gasteiger partial charge in [0.05, 0.1) is 18.8 Å². The first-order valence-corrected chi connectivity index (χ1v) is 11.0. The van der Waals surface area contributed by atoms with E-state index in [9.17, 15) is 14.4 Å². The molecule has 3 N–H and O–H groups in total. The minimum absolute atomic E-state index is 0.00669. The van der Waals surface area contributed by atoms with Crippen LogP contribution in [-0.2, 0) is 4.79 Å². The molecule has 0 atom stereocenters. The molecule has 0 bridgehead atoms. The molecule has 3 aromatic carbocycles. The minimum Gasteiger partial charge on any atom is -0.490 e. The SMILES string of the molecule is CCOc1ccc(C=C(NC(=O)c2ccccc2)C(=O)Nc2ccc(C(=O)O)cc2)cc1OCC. The number of benzene rings is 3. The standard InChI is InChI=1S/C27H26N2O6/c1-3-34-23-15-10-18(17-24(23)35-4-2)16-22(29-25(30)19-8-6-5-7-9-19)26(31)28-21-13-11-20(12-14-21)27(32)33/h5-17H,3-4H2,1-2H3,(H,28,31)(H,29,30)(H,32,33). The van der Waals surface area contributed by atoms with Gasteiger partial charge in [0, 0.05) is 11.3 Å². The Morgan fingerprint density at radius 1 is 0.829 bits per heavy atom. The molecule has 180 valence electrons. The van der Waals surface area contributed by atoms with E-state index in [2.05, 4.69) is 10.6 Å². The Morgan fingerprint density at radius 2 is 1.49 bits per heavy atom. The van der Waals surface area contributed by atoms with Gasteiger partial charge in [0.1, 0.15) is 5.70 Å². The molecule has 0 spiro atoms. The Balaban J connectivity index is 1.93. The molecule has 0 aliphatic carbocycles. The zero-order valence-electron chi connectivity index (χ0n) is 19.4. The summed E-state index contributed by atoms with van der Waals surface area (Å²) in [6.07, 6.45) is 1.53. The third-order valence-corrected chi connectivity index (χ3v) is 4.80. The van der Waals surface area contributed by atoms with Crippen LogP contribution < -0.4 is 20.1 Å². The van der Waals surface area contributed by atoms with Crippen molar-refractivity contribution >= 4 is 29.5 Å². The summed E-state index contributed by atoms with van der Waals surface area (Å²) in [5, 5.41) is 14.4. The summed E-state index contributed by atoms with van der Waals surface area (Å²) in [6, 6.07) is 19.4. The normalized spacial score (nSPS) is 10.9. The van der Waals surface area contributed by atoms with Crippen LogP contribution in [0.2, 0.25) is 0 Å². The molecular formula is C27H26N2O6. The van der Waals surface area contributed by atoms with Gasteiger partial charge in [-0.05, 0) is 74.0 Å². The number of carboxylic acid groups (broad SMARTS) is 1. The second-order valence-corrected chi connectivity index (χ2v) is 7.29. The molecular weight excluding hydrogens is 448 g/mol. The maximum Gasteiger partial charge on any atom is 0.335 e. The summed E-state index contributed by atoms with van der Waals surface area (Å²) in [7, 11) is 0. The highest BCUT2D eigenvalue weighted by Crippen LogP contribution is 2.29. The summed E-state index contributed by atoms with van der Waals surface area (Å²) in [4.78, 5) is 37.0. The average molecular weight is 475 g/mol. The van der Waals surface area contributed by atoms with E-state index < -0.39 is 17.8 Å². The first-order chi connectivity index (χ1) is 16.9. The predicted molar refractivity (Wildman–Crippen MR) is 133 cm³/mol. The number of amides is 2. The van der Waals surface area contributed by atoms with Crippen molar-refractivity contribution in [3.63, 3.8) is 0 Å². The van der Waals surface area contributed by atoms with Crippen molar-refractivity contribution in [2.75, 3.05) is 18.5 Å². The highest BCUT2D eigenvalue weighted by atomic mass is 16.5. The Kier molecular flexibility index (Phi) is 8.61. The summed E-state index contributed by atoms with van der Waals surface area (Å²) < 4.78 is 11.2. The quantitative estimate of drug-likeness (QED) is 0.370. The number of hydrogen-bond acceptors (Lipinski definition) is 5. The first kappa shape index (κ1) is 25.0. The number of anilines is 1. The molecule has 3 aromatic rings. The first-order valence-electron chi connectivity index (χ1n) is 11.0. The third kappa shape index (κ3) is 6.94. The zero-order chi connectivity index (χ0) is 25.2. The third-order valence-electron chi connectivity index (χ3n) is 4.80. The molecule has 0 radical (unpaired) electrons. The number of carbonyl (C=O) groups excluding carboxylic acids is 2. The van der Waals surface area contributed by atoms with Crippen LogP contribution in [0.4, 0.5) is 5.69 Å². The van der Waals surface area contributed by atoms with Crippen LogP contribution >= 0.6 is 0 Å².